The Bertz CT molecular complexity index is 641. The molecule has 2 aromatic rings. The number of nitrogens with zero attached hydrogens (tertiary/aromatic N) is 2. The summed E-state index contributed by atoms with van der Waals surface area (Å²) in [5.41, 5.74) is 5.58. The van der Waals surface area contributed by atoms with Crippen molar-refractivity contribution in [2.45, 2.75) is 12.7 Å². The fourth-order valence-corrected chi connectivity index (χ4v) is 1.70. The van der Waals surface area contributed by atoms with E-state index in [9.17, 15) is 13.2 Å². The third-order valence-electron chi connectivity index (χ3n) is 2.63. The number of anilines is 1. The monoisotopic (exact) mass is 312 g/mol. The molecule has 2 rings (SSSR count). The maximum absolute atomic E-state index is 12.6. The van der Waals surface area contributed by atoms with Gasteiger partial charge in [0.2, 0.25) is 0 Å². The number of rotatable bonds is 4. The molecule has 0 radical (unpaired) electrons. The van der Waals surface area contributed by atoms with Crippen molar-refractivity contribution in [3.05, 3.63) is 53.5 Å². The van der Waals surface area contributed by atoms with E-state index in [0.29, 0.717) is 17.1 Å². The molecular weight excluding hydrogens is 301 g/mol. The Labute approximate surface area is 124 Å². The van der Waals surface area contributed by atoms with Gasteiger partial charge in [-0.25, -0.2) is 9.97 Å². The molecule has 3 N–H and O–H groups in total. The average molecular weight is 312 g/mol. The zero-order valence-corrected chi connectivity index (χ0v) is 11.5. The SMILES string of the molecule is NC(=S)c1cnc(NCc2cccc(C(F)(F)F)c2)cn1. The molecule has 21 heavy (non-hydrogen) atoms. The third kappa shape index (κ3) is 4.12. The molecule has 1 aromatic heterocycles. The van der Waals surface area contributed by atoms with E-state index in [1.807, 2.05) is 0 Å². The molecule has 0 aliphatic carbocycles. The van der Waals surface area contributed by atoms with Crippen LogP contribution >= 0.6 is 12.2 Å². The van der Waals surface area contributed by atoms with E-state index in [1.54, 1.807) is 6.07 Å². The summed E-state index contributed by atoms with van der Waals surface area (Å²) in [5, 5.41) is 2.88. The maximum Gasteiger partial charge on any atom is 0.416 e. The van der Waals surface area contributed by atoms with Gasteiger partial charge in [-0.3, -0.25) is 0 Å². The highest BCUT2D eigenvalue weighted by molar-refractivity contribution is 7.80. The van der Waals surface area contributed by atoms with Crippen molar-refractivity contribution < 1.29 is 13.2 Å². The zero-order chi connectivity index (χ0) is 15.5. The quantitative estimate of drug-likeness (QED) is 0.850. The Morgan fingerprint density at radius 3 is 2.57 bits per heavy atom. The van der Waals surface area contributed by atoms with Gasteiger partial charge >= 0.3 is 6.18 Å². The van der Waals surface area contributed by atoms with Crippen LogP contribution in [0.5, 0.6) is 0 Å². The van der Waals surface area contributed by atoms with Gasteiger partial charge in [-0.1, -0.05) is 24.4 Å². The molecule has 0 saturated carbocycles. The molecule has 0 fully saturated rings. The van der Waals surface area contributed by atoms with Gasteiger partial charge in [0.15, 0.2) is 0 Å². The minimum Gasteiger partial charge on any atom is -0.388 e. The summed E-state index contributed by atoms with van der Waals surface area (Å²) in [6.07, 6.45) is -1.53. The Balaban J connectivity index is 2.04. The molecule has 110 valence electrons. The summed E-state index contributed by atoms with van der Waals surface area (Å²) < 4.78 is 37.8. The molecule has 8 heteroatoms. The molecule has 0 unspecified atom stereocenters. The highest BCUT2D eigenvalue weighted by Crippen LogP contribution is 2.29. The third-order valence-corrected chi connectivity index (χ3v) is 2.84. The van der Waals surface area contributed by atoms with Crippen LogP contribution in [-0.4, -0.2) is 15.0 Å². The Kier molecular flexibility index (Phi) is 4.37. The average Bonchev–Trinajstić information content (AvgIpc) is 2.45. The van der Waals surface area contributed by atoms with Crippen molar-refractivity contribution in [3.63, 3.8) is 0 Å². The highest BCUT2D eigenvalue weighted by atomic mass is 32.1. The lowest BCUT2D eigenvalue weighted by Gasteiger charge is -2.10. The largest absolute Gasteiger partial charge is 0.416 e. The van der Waals surface area contributed by atoms with Crippen LogP contribution in [0.1, 0.15) is 16.8 Å². The Morgan fingerprint density at radius 2 is 2.00 bits per heavy atom. The standard InChI is InChI=1S/C13H11F3N4S/c14-13(15,16)9-3-1-2-8(4-9)5-19-11-7-18-10(6-20-11)12(17)21/h1-4,6-7H,5H2,(H2,17,21)(H,19,20). The second-order valence-corrected chi connectivity index (χ2v) is 4.64. The van der Waals surface area contributed by atoms with Gasteiger partial charge in [0.1, 0.15) is 16.5 Å². The van der Waals surface area contributed by atoms with Crippen LogP contribution in [0.25, 0.3) is 0 Å². The van der Waals surface area contributed by atoms with Crippen LogP contribution in [0, 0.1) is 0 Å². The van der Waals surface area contributed by atoms with Gasteiger partial charge in [-0.05, 0) is 17.7 Å². The van der Waals surface area contributed by atoms with Crippen LogP contribution in [0.2, 0.25) is 0 Å². The Morgan fingerprint density at radius 1 is 1.24 bits per heavy atom. The molecular formula is C13H11F3N4S. The Hall–Kier alpha value is -2.22. The first-order chi connectivity index (χ1) is 9.86. The zero-order valence-electron chi connectivity index (χ0n) is 10.7. The van der Waals surface area contributed by atoms with Gasteiger partial charge in [-0.2, -0.15) is 13.2 Å². The first kappa shape index (κ1) is 15.2. The molecule has 0 amide bonds. The van der Waals surface area contributed by atoms with Crippen molar-refractivity contribution in [2.75, 3.05) is 5.32 Å². The van der Waals surface area contributed by atoms with Crippen molar-refractivity contribution in [2.24, 2.45) is 5.73 Å². The normalized spacial score (nSPS) is 11.2. The summed E-state index contributed by atoms with van der Waals surface area (Å²) in [7, 11) is 0. The van der Waals surface area contributed by atoms with Crippen LogP contribution in [0.3, 0.4) is 0 Å². The number of thiocarbonyl (C=S) groups is 1. The summed E-state index contributed by atoms with van der Waals surface area (Å²) >= 11 is 4.74. The highest BCUT2D eigenvalue weighted by Gasteiger charge is 2.30. The molecule has 0 bridgehead atoms. The first-order valence-electron chi connectivity index (χ1n) is 5.88. The minimum absolute atomic E-state index is 0.131. The van der Waals surface area contributed by atoms with Crippen molar-refractivity contribution >= 4 is 23.0 Å². The second kappa shape index (κ2) is 6.04. The number of hydrogen-bond donors (Lipinski definition) is 2. The van der Waals surface area contributed by atoms with Gasteiger partial charge in [0, 0.05) is 6.54 Å². The number of nitrogens with one attached hydrogen (secondary N) is 1. The van der Waals surface area contributed by atoms with Crippen molar-refractivity contribution in [1.29, 1.82) is 0 Å². The minimum atomic E-state index is -4.35. The number of alkyl halides is 3. The van der Waals surface area contributed by atoms with Crippen LogP contribution in [-0.2, 0) is 12.7 Å². The number of aromatic nitrogens is 2. The fraction of sp³-hybridized carbons (Fsp3) is 0.154. The smallest absolute Gasteiger partial charge is 0.388 e. The lowest BCUT2D eigenvalue weighted by molar-refractivity contribution is -0.137. The van der Waals surface area contributed by atoms with E-state index in [4.69, 9.17) is 18.0 Å². The predicted octanol–water partition coefficient (Wildman–Crippen LogP) is 2.74. The molecule has 4 nitrogen and oxygen atoms in total. The van der Waals surface area contributed by atoms with Gasteiger partial charge in [-0.15, -0.1) is 0 Å². The molecule has 0 aliphatic rings. The maximum atomic E-state index is 12.6. The summed E-state index contributed by atoms with van der Waals surface area (Å²) in [6, 6.07) is 5.07. The summed E-state index contributed by atoms with van der Waals surface area (Å²) in [6.45, 7) is 0.199. The van der Waals surface area contributed by atoms with Crippen LogP contribution in [0.4, 0.5) is 19.0 Å². The molecule has 0 aliphatic heterocycles. The summed E-state index contributed by atoms with van der Waals surface area (Å²) in [4.78, 5) is 8.13. The lowest BCUT2D eigenvalue weighted by Crippen LogP contribution is -2.12. The van der Waals surface area contributed by atoms with E-state index in [1.165, 1.54) is 18.5 Å². The second-order valence-electron chi connectivity index (χ2n) is 4.20. The fourth-order valence-electron chi connectivity index (χ4n) is 1.60. The lowest BCUT2D eigenvalue weighted by atomic mass is 10.1. The molecule has 0 saturated heterocycles. The molecule has 0 spiro atoms. The van der Waals surface area contributed by atoms with E-state index < -0.39 is 11.7 Å². The summed E-state index contributed by atoms with van der Waals surface area (Å²) in [5.74, 6) is 0.424. The molecule has 1 heterocycles. The van der Waals surface area contributed by atoms with E-state index >= 15 is 0 Å². The van der Waals surface area contributed by atoms with Crippen LogP contribution in [0.15, 0.2) is 36.7 Å². The van der Waals surface area contributed by atoms with E-state index in [2.05, 4.69) is 15.3 Å². The van der Waals surface area contributed by atoms with Crippen molar-refractivity contribution in [1.82, 2.24) is 9.97 Å². The van der Waals surface area contributed by atoms with Crippen LogP contribution < -0.4 is 11.1 Å². The van der Waals surface area contributed by atoms with Gasteiger partial charge in [0.25, 0.3) is 0 Å². The number of hydrogen-bond acceptors (Lipinski definition) is 4. The number of nitrogens with two attached hydrogens (primary N) is 1. The van der Waals surface area contributed by atoms with Crippen molar-refractivity contribution in [3.8, 4) is 0 Å². The molecule has 0 atom stereocenters. The van der Waals surface area contributed by atoms with Gasteiger partial charge < -0.3 is 11.1 Å². The van der Waals surface area contributed by atoms with E-state index in [-0.39, 0.29) is 11.5 Å². The number of benzene rings is 1. The number of halogens is 3. The first-order valence-corrected chi connectivity index (χ1v) is 6.29. The topological polar surface area (TPSA) is 63.8 Å². The van der Waals surface area contributed by atoms with Gasteiger partial charge in [0.05, 0.1) is 18.0 Å². The van der Waals surface area contributed by atoms with E-state index in [0.717, 1.165) is 12.1 Å². The predicted molar refractivity (Wildman–Crippen MR) is 76.7 cm³/mol. The molecule has 1 aromatic carbocycles.